The standard InChI is InChI=1S/C26H30N2O5/c1-2-28(14-13-17-11-12-17)25(31)23(15-24(29)30)27-26(32)33-16-22-20-9-5-3-7-18(20)19-8-4-6-10-21(19)22/h3-10,17,22-23H,2,11-16H2,1H3,(H,27,32)(H,29,30). The number of hydrogen-bond donors (Lipinski definition) is 2. The third kappa shape index (κ3) is 5.35. The molecular weight excluding hydrogens is 420 g/mol. The SMILES string of the molecule is CCN(CCC1CC1)C(=O)C(CC(=O)O)NC(=O)OCC1c2ccccc2-c2ccccc21. The molecule has 0 aliphatic heterocycles. The van der Waals surface area contributed by atoms with Gasteiger partial charge in [0.2, 0.25) is 5.91 Å². The fourth-order valence-corrected chi connectivity index (χ4v) is 4.55. The first kappa shape index (κ1) is 22.8. The van der Waals surface area contributed by atoms with E-state index in [-0.39, 0.29) is 18.4 Å². The van der Waals surface area contributed by atoms with Crippen LogP contribution in [0, 0.1) is 5.92 Å². The number of likely N-dealkylation sites (N-methyl/N-ethyl adjacent to an activating group) is 1. The van der Waals surface area contributed by atoms with E-state index >= 15 is 0 Å². The Kier molecular flexibility index (Phi) is 6.96. The van der Waals surface area contributed by atoms with Crippen molar-refractivity contribution in [3.8, 4) is 11.1 Å². The first-order chi connectivity index (χ1) is 16.0. The van der Waals surface area contributed by atoms with Gasteiger partial charge in [-0.25, -0.2) is 4.79 Å². The number of carbonyl (C=O) groups excluding carboxylic acids is 2. The number of hydrogen-bond acceptors (Lipinski definition) is 4. The second-order valence-electron chi connectivity index (χ2n) is 8.77. The number of alkyl carbamates (subject to hydrolysis) is 1. The van der Waals surface area contributed by atoms with Gasteiger partial charge in [-0.15, -0.1) is 0 Å². The molecule has 1 fully saturated rings. The number of rotatable bonds is 10. The smallest absolute Gasteiger partial charge is 0.407 e. The zero-order valence-corrected chi connectivity index (χ0v) is 18.8. The minimum atomic E-state index is -1.16. The maximum Gasteiger partial charge on any atom is 0.407 e. The van der Waals surface area contributed by atoms with Crippen LogP contribution in [0.4, 0.5) is 4.79 Å². The van der Waals surface area contributed by atoms with Gasteiger partial charge in [-0.3, -0.25) is 9.59 Å². The molecule has 33 heavy (non-hydrogen) atoms. The van der Waals surface area contributed by atoms with E-state index in [1.165, 1.54) is 12.8 Å². The number of carboxylic acids is 1. The Labute approximate surface area is 193 Å². The van der Waals surface area contributed by atoms with Crippen molar-refractivity contribution in [2.24, 2.45) is 5.92 Å². The number of ether oxygens (including phenoxy) is 1. The van der Waals surface area contributed by atoms with E-state index in [1.807, 2.05) is 43.3 Å². The maximum atomic E-state index is 13.0. The molecular formula is C26H30N2O5. The molecule has 0 aromatic heterocycles. The maximum absolute atomic E-state index is 13.0. The van der Waals surface area contributed by atoms with Gasteiger partial charge in [0.25, 0.3) is 0 Å². The molecule has 4 rings (SSSR count). The molecule has 0 spiro atoms. The average Bonchev–Trinajstić information content (AvgIpc) is 3.58. The quantitative estimate of drug-likeness (QED) is 0.570. The lowest BCUT2D eigenvalue weighted by atomic mass is 9.98. The Morgan fingerprint density at radius 3 is 2.21 bits per heavy atom. The van der Waals surface area contributed by atoms with Gasteiger partial charge in [-0.2, -0.15) is 0 Å². The number of benzene rings is 2. The normalized spacial score (nSPS) is 15.3. The Morgan fingerprint density at radius 2 is 1.67 bits per heavy atom. The van der Waals surface area contributed by atoms with E-state index in [4.69, 9.17) is 4.74 Å². The van der Waals surface area contributed by atoms with Gasteiger partial charge in [-0.1, -0.05) is 61.4 Å². The molecule has 0 radical (unpaired) electrons. The van der Waals surface area contributed by atoms with Gasteiger partial charge >= 0.3 is 12.1 Å². The van der Waals surface area contributed by atoms with Gasteiger partial charge in [0.15, 0.2) is 0 Å². The summed E-state index contributed by atoms with van der Waals surface area (Å²) in [5.41, 5.74) is 4.41. The molecule has 1 atom stereocenters. The molecule has 0 saturated heterocycles. The highest BCUT2D eigenvalue weighted by Gasteiger charge is 2.32. The van der Waals surface area contributed by atoms with Crippen molar-refractivity contribution in [3.05, 3.63) is 59.7 Å². The summed E-state index contributed by atoms with van der Waals surface area (Å²) in [5.74, 6) is -0.984. The average molecular weight is 451 g/mol. The highest BCUT2D eigenvalue weighted by Crippen LogP contribution is 2.44. The van der Waals surface area contributed by atoms with E-state index in [2.05, 4.69) is 17.4 Å². The second-order valence-corrected chi connectivity index (χ2v) is 8.77. The van der Waals surface area contributed by atoms with Crippen LogP contribution in [0.25, 0.3) is 11.1 Å². The number of nitrogens with zero attached hydrogens (tertiary/aromatic N) is 1. The van der Waals surface area contributed by atoms with E-state index in [1.54, 1.807) is 4.90 Å². The molecule has 1 unspecified atom stereocenters. The lowest BCUT2D eigenvalue weighted by molar-refractivity contribution is -0.142. The van der Waals surface area contributed by atoms with E-state index in [9.17, 15) is 19.5 Å². The molecule has 2 amide bonds. The molecule has 2 aromatic rings. The van der Waals surface area contributed by atoms with E-state index in [0.29, 0.717) is 19.0 Å². The van der Waals surface area contributed by atoms with Crippen molar-refractivity contribution in [3.63, 3.8) is 0 Å². The molecule has 7 nitrogen and oxygen atoms in total. The van der Waals surface area contributed by atoms with Crippen LogP contribution in [-0.2, 0) is 14.3 Å². The van der Waals surface area contributed by atoms with Crippen LogP contribution in [0.5, 0.6) is 0 Å². The fourth-order valence-electron chi connectivity index (χ4n) is 4.55. The molecule has 7 heteroatoms. The van der Waals surface area contributed by atoms with Crippen molar-refractivity contribution in [2.45, 2.75) is 44.6 Å². The number of aliphatic carboxylic acids is 1. The highest BCUT2D eigenvalue weighted by atomic mass is 16.5. The summed E-state index contributed by atoms with van der Waals surface area (Å²) < 4.78 is 5.51. The van der Waals surface area contributed by atoms with Crippen LogP contribution in [0.2, 0.25) is 0 Å². The summed E-state index contributed by atoms with van der Waals surface area (Å²) in [6.45, 7) is 3.00. The first-order valence-corrected chi connectivity index (χ1v) is 11.6. The van der Waals surface area contributed by atoms with Gasteiger partial charge in [-0.05, 0) is 41.5 Å². The fraction of sp³-hybridized carbons (Fsp3) is 0.423. The van der Waals surface area contributed by atoms with Crippen LogP contribution in [0.3, 0.4) is 0 Å². The van der Waals surface area contributed by atoms with Crippen molar-refractivity contribution < 1.29 is 24.2 Å². The summed E-state index contributed by atoms with van der Waals surface area (Å²) >= 11 is 0. The van der Waals surface area contributed by atoms with Crippen molar-refractivity contribution in [1.82, 2.24) is 10.2 Å². The largest absolute Gasteiger partial charge is 0.481 e. The number of fused-ring (bicyclic) bond motifs is 3. The molecule has 2 aliphatic rings. The van der Waals surface area contributed by atoms with Crippen molar-refractivity contribution in [2.75, 3.05) is 19.7 Å². The zero-order valence-electron chi connectivity index (χ0n) is 18.8. The second kappa shape index (κ2) is 10.1. The van der Waals surface area contributed by atoms with Crippen molar-refractivity contribution in [1.29, 1.82) is 0 Å². The number of carbonyl (C=O) groups is 3. The summed E-state index contributed by atoms with van der Waals surface area (Å²) in [6.07, 6.45) is 2.01. The number of carboxylic acid groups (broad SMARTS) is 1. The van der Waals surface area contributed by atoms with Crippen LogP contribution in [0.1, 0.15) is 49.7 Å². The monoisotopic (exact) mass is 450 g/mol. The topological polar surface area (TPSA) is 95.9 Å². The van der Waals surface area contributed by atoms with Gasteiger partial charge in [0.1, 0.15) is 12.6 Å². The summed E-state index contributed by atoms with van der Waals surface area (Å²) in [7, 11) is 0. The molecule has 1 saturated carbocycles. The number of amides is 2. The molecule has 0 bridgehead atoms. The molecule has 2 aromatic carbocycles. The summed E-state index contributed by atoms with van der Waals surface area (Å²) in [5, 5.41) is 11.8. The predicted octanol–water partition coefficient (Wildman–Crippen LogP) is 4.02. The van der Waals surface area contributed by atoms with E-state index < -0.39 is 24.5 Å². The lowest BCUT2D eigenvalue weighted by Gasteiger charge is -2.26. The lowest BCUT2D eigenvalue weighted by Crippen LogP contribution is -2.50. The molecule has 2 aliphatic carbocycles. The molecule has 2 N–H and O–H groups in total. The van der Waals surface area contributed by atoms with Gasteiger partial charge in [0.05, 0.1) is 6.42 Å². The first-order valence-electron chi connectivity index (χ1n) is 11.6. The minimum absolute atomic E-state index is 0.104. The van der Waals surface area contributed by atoms with Gasteiger partial charge < -0.3 is 20.1 Å². The van der Waals surface area contributed by atoms with Crippen LogP contribution >= 0.6 is 0 Å². The van der Waals surface area contributed by atoms with Crippen LogP contribution in [-0.4, -0.2) is 53.7 Å². The highest BCUT2D eigenvalue weighted by molar-refractivity contribution is 5.89. The third-order valence-corrected chi connectivity index (χ3v) is 6.51. The Hall–Kier alpha value is -3.35. The van der Waals surface area contributed by atoms with E-state index in [0.717, 1.165) is 28.7 Å². The molecule has 0 heterocycles. The Morgan fingerprint density at radius 1 is 1.06 bits per heavy atom. The zero-order chi connectivity index (χ0) is 23.4. The molecule has 174 valence electrons. The summed E-state index contributed by atoms with van der Waals surface area (Å²) in [6, 6.07) is 14.9. The minimum Gasteiger partial charge on any atom is -0.481 e. The van der Waals surface area contributed by atoms with Crippen molar-refractivity contribution >= 4 is 18.0 Å². The predicted molar refractivity (Wildman–Crippen MR) is 124 cm³/mol. The Balaban J connectivity index is 1.40. The Bertz CT molecular complexity index is 987. The van der Waals surface area contributed by atoms with Crippen LogP contribution in [0.15, 0.2) is 48.5 Å². The summed E-state index contributed by atoms with van der Waals surface area (Å²) in [4.78, 5) is 38.6. The third-order valence-electron chi connectivity index (χ3n) is 6.51. The van der Waals surface area contributed by atoms with Gasteiger partial charge in [0, 0.05) is 19.0 Å². The number of nitrogens with one attached hydrogen (secondary N) is 1. The van der Waals surface area contributed by atoms with Crippen LogP contribution < -0.4 is 5.32 Å².